The average Bonchev–Trinajstić information content (AvgIpc) is 2.49. The standard InChI is InChI=1S/C17H19NO2/c1-13(18-16(20)12-19)17(14-8-4-2-5-9-14)15-10-6-3-7-11-15/h2-11,13,17,19H,12H2,1H3,(H,18,20). The predicted octanol–water partition coefficient (Wildman–Crippen LogP) is 2.32. The predicted molar refractivity (Wildman–Crippen MR) is 79.4 cm³/mol. The zero-order valence-corrected chi connectivity index (χ0v) is 11.5. The van der Waals surface area contributed by atoms with Gasteiger partial charge in [-0.3, -0.25) is 4.79 Å². The van der Waals surface area contributed by atoms with E-state index in [9.17, 15) is 4.79 Å². The van der Waals surface area contributed by atoms with Gasteiger partial charge in [-0.15, -0.1) is 0 Å². The Morgan fingerprint density at radius 2 is 1.45 bits per heavy atom. The van der Waals surface area contributed by atoms with Gasteiger partial charge in [-0.05, 0) is 18.1 Å². The third-order valence-electron chi connectivity index (χ3n) is 3.35. The molecular formula is C17H19NO2. The first-order chi connectivity index (χ1) is 9.72. The zero-order chi connectivity index (χ0) is 14.4. The second-order valence-electron chi connectivity index (χ2n) is 4.81. The molecule has 0 radical (unpaired) electrons. The lowest BCUT2D eigenvalue weighted by Gasteiger charge is -2.25. The Kier molecular flexibility index (Phi) is 4.91. The molecule has 0 aromatic heterocycles. The first-order valence-electron chi connectivity index (χ1n) is 6.72. The molecule has 2 rings (SSSR count). The molecule has 0 aliphatic rings. The van der Waals surface area contributed by atoms with E-state index in [1.54, 1.807) is 0 Å². The SMILES string of the molecule is CC(NC(=O)CO)C(c1ccccc1)c1ccccc1. The third kappa shape index (κ3) is 3.45. The van der Waals surface area contributed by atoms with Crippen molar-refractivity contribution in [3.05, 3.63) is 71.8 Å². The van der Waals surface area contributed by atoms with Crippen molar-refractivity contribution in [1.29, 1.82) is 0 Å². The van der Waals surface area contributed by atoms with Crippen molar-refractivity contribution in [1.82, 2.24) is 5.32 Å². The fourth-order valence-electron chi connectivity index (χ4n) is 2.47. The van der Waals surface area contributed by atoms with Crippen LogP contribution in [0.25, 0.3) is 0 Å². The van der Waals surface area contributed by atoms with Gasteiger partial charge < -0.3 is 10.4 Å². The lowest BCUT2D eigenvalue weighted by atomic mass is 9.86. The molecule has 104 valence electrons. The molecule has 0 spiro atoms. The summed E-state index contributed by atoms with van der Waals surface area (Å²) in [7, 11) is 0. The normalized spacial score (nSPS) is 12.2. The number of aliphatic hydroxyl groups is 1. The van der Waals surface area contributed by atoms with E-state index >= 15 is 0 Å². The maximum absolute atomic E-state index is 11.4. The van der Waals surface area contributed by atoms with Crippen LogP contribution in [-0.4, -0.2) is 23.7 Å². The molecule has 0 saturated heterocycles. The molecule has 0 heterocycles. The van der Waals surface area contributed by atoms with Crippen LogP contribution in [0.2, 0.25) is 0 Å². The maximum Gasteiger partial charge on any atom is 0.245 e. The van der Waals surface area contributed by atoms with Crippen molar-refractivity contribution < 1.29 is 9.90 Å². The van der Waals surface area contributed by atoms with Gasteiger partial charge in [0.1, 0.15) is 6.61 Å². The summed E-state index contributed by atoms with van der Waals surface area (Å²) in [5, 5.41) is 11.7. The second kappa shape index (κ2) is 6.87. The maximum atomic E-state index is 11.4. The molecule has 3 nitrogen and oxygen atoms in total. The Morgan fingerprint density at radius 3 is 1.85 bits per heavy atom. The monoisotopic (exact) mass is 269 g/mol. The highest BCUT2D eigenvalue weighted by Gasteiger charge is 2.22. The molecular weight excluding hydrogens is 250 g/mol. The van der Waals surface area contributed by atoms with Crippen LogP contribution in [0.1, 0.15) is 24.0 Å². The van der Waals surface area contributed by atoms with E-state index in [0.29, 0.717) is 0 Å². The minimum absolute atomic E-state index is 0.0629. The van der Waals surface area contributed by atoms with Gasteiger partial charge in [0.15, 0.2) is 0 Å². The first-order valence-corrected chi connectivity index (χ1v) is 6.72. The largest absolute Gasteiger partial charge is 0.387 e. The minimum Gasteiger partial charge on any atom is -0.387 e. The summed E-state index contributed by atoms with van der Waals surface area (Å²) in [6.07, 6.45) is 0. The third-order valence-corrected chi connectivity index (χ3v) is 3.35. The van der Waals surface area contributed by atoms with Gasteiger partial charge in [0, 0.05) is 12.0 Å². The van der Waals surface area contributed by atoms with Crippen molar-refractivity contribution >= 4 is 5.91 Å². The number of carbonyl (C=O) groups is 1. The molecule has 1 unspecified atom stereocenters. The van der Waals surface area contributed by atoms with Crippen molar-refractivity contribution in [2.75, 3.05) is 6.61 Å². The van der Waals surface area contributed by atoms with Crippen LogP contribution in [0.15, 0.2) is 60.7 Å². The van der Waals surface area contributed by atoms with E-state index in [-0.39, 0.29) is 17.9 Å². The highest BCUT2D eigenvalue weighted by Crippen LogP contribution is 2.27. The molecule has 2 N–H and O–H groups in total. The number of hydrogen-bond acceptors (Lipinski definition) is 2. The molecule has 0 saturated carbocycles. The Bertz CT molecular complexity index is 500. The van der Waals surface area contributed by atoms with Gasteiger partial charge >= 0.3 is 0 Å². The van der Waals surface area contributed by atoms with Gasteiger partial charge in [0.25, 0.3) is 0 Å². The number of aliphatic hydroxyl groups excluding tert-OH is 1. The summed E-state index contributed by atoms with van der Waals surface area (Å²) in [6.45, 7) is 1.47. The van der Waals surface area contributed by atoms with Crippen LogP contribution in [-0.2, 0) is 4.79 Å². The van der Waals surface area contributed by atoms with E-state index in [1.807, 2.05) is 43.3 Å². The highest BCUT2D eigenvalue weighted by atomic mass is 16.3. The summed E-state index contributed by atoms with van der Waals surface area (Å²) in [6, 6.07) is 20.0. The van der Waals surface area contributed by atoms with E-state index in [1.165, 1.54) is 0 Å². The summed E-state index contributed by atoms with van der Waals surface area (Å²) in [5.74, 6) is -0.290. The van der Waals surface area contributed by atoms with Crippen LogP contribution >= 0.6 is 0 Å². The number of benzene rings is 2. The summed E-state index contributed by atoms with van der Waals surface area (Å²) >= 11 is 0. The molecule has 0 aliphatic heterocycles. The molecule has 2 aromatic rings. The van der Waals surface area contributed by atoms with Gasteiger partial charge in [0.2, 0.25) is 5.91 Å². The van der Waals surface area contributed by atoms with Gasteiger partial charge in [-0.25, -0.2) is 0 Å². The second-order valence-corrected chi connectivity index (χ2v) is 4.81. The van der Waals surface area contributed by atoms with Crippen molar-refractivity contribution in [3.63, 3.8) is 0 Å². The molecule has 0 bridgehead atoms. The Hall–Kier alpha value is -2.13. The topological polar surface area (TPSA) is 49.3 Å². The van der Waals surface area contributed by atoms with Crippen LogP contribution < -0.4 is 5.32 Å². The minimum atomic E-state index is -0.485. The Balaban J connectivity index is 2.32. The summed E-state index contributed by atoms with van der Waals surface area (Å²) < 4.78 is 0. The smallest absolute Gasteiger partial charge is 0.245 e. The van der Waals surface area contributed by atoms with Gasteiger partial charge in [-0.1, -0.05) is 60.7 Å². The van der Waals surface area contributed by atoms with Crippen molar-refractivity contribution in [2.24, 2.45) is 0 Å². The van der Waals surface area contributed by atoms with Gasteiger partial charge in [0.05, 0.1) is 0 Å². The molecule has 3 heteroatoms. The van der Waals surface area contributed by atoms with Crippen molar-refractivity contribution in [2.45, 2.75) is 18.9 Å². The molecule has 20 heavy (non-hydrogen) atoms. The van der Waals surface area contributed by atoms with E-state index in [0.717, 1.165) is 11.1 Å². The number of hydrogen-bond donors (Lipinski definition) is 2. The van der Waals surface area contributed by atoms with Crippen LogP contribution in [0.3, 0.4) is 0 Å². The first kappa shape index (κ1) is 14.3. The fourth-order valence-corrected chi connectivity index (χ4v) is 2.47. The number of rotatable bonds is 5. The molecule has 0 fully saturated rings. The van der Waals surface area contributed by atoms with E-state index in [4.69, 9.17) is 5.11 Å². The van der Waals surface area contributed by atoms with Crippen LogP contribution in [0.4, 0.5) is 0 Å². The van der Waals surface area contributed by atoms with Crippen LogP contribution in [0.5, 0.6) is 0 Å². The fraction of sp³-hybridized carbons (Fsp3) is 0.235. The summed E-state index contributed by atoms with van der Waals surface area (Å²) in [4.78, 5) is 11.4. The highest BCUT2D eigenvalue weighted by molar-refractivity contribution is 5.77. The Morgan fingerprint density at radius 1 is 1.00 bits per heavy atom. The van der Waals surface area contributed by atoms with E-state index in [2.05, 4.69) is 29.6 Å². The zero-order valence-electron chi connectivity index (χ0n) is 11.5. The number of nitrogens with one attached hydrogen (secondary N) is 1. The molecule has 1 atom stereocenters. The molecule has 2 aromatic carbocycles. The quantitative estimate of drug-likeness (QED) is 0.875. The summed E-state index contributed by atoms with van der Waals surface area (Å²) in [5.41, 5.74) is 2.29. The average molecular weight is 269 g/mol. The van der Waals surface area contributed by atoms with Crippen LogP contribution in [0, 0.1) is 0 Å². The lowest BCUT2D eigenvalue weighted by Crippen LogP contribution is -2.39. The van der Waals surface area contributed by atoms with E-state index < -0.39 is 6.61 Å². The van der Waals surface area contributed by atoms with Crippen molar-refractivity contribution in [3.8, 4) is 0 Å². The Labute approximate surface area is 119 Å². The number of amides is 1. The number of carbonyl (C=O) groups excluding carboxylic acids is 1. The van der Waals surface area contributed by atoms with Gasteiger partial charge in [-0.2, -0.15) is 0 Å². The molecule has 1 amide bonds. The lowest BCUT2D eigenvalue weighted by molar-refractivity contribution is -0.124. The molecule has 0 aliphatic carbocycles.